The number of rotatable bonds is 1. The van der Waals surface area contributed by atoms with Crippen LogP contribution in [0.5, 0.6) is 0 Å². The third kappa shape index (κ3) is 2.79. The van der Waals surface area contributed by atoms with Gasteiger partial charge in [-0.3, -0.25) is 0 Å². The molecule has 1 aliphatic rings. The fourth-order valence-electron chi connectivity index (χ4n) is 1.28. The van der Waals surface area contributed by atoms with E-state index in [0.29, 0.717) is 0 Å². The Bertz CT molecular complexity index is 255. The molecule has 0 aromatic rings. The van der Waals surface area contributed by atoms with E-state index in [9.17, 15) is 8.78 Å². The van der Waals surface area contributed by atoms with E-state index < -0.39 is 11.8 Å². The van der Waals surface area contributed by atoms with Crippen molar-refractivity contribution in [3.8, 4) is 0 Å². The summed E-state index contributed by atoms with van der Waals surface area (Å²) in [6.07, 6.45) is 6.93. The van der Waals surface area contributed by atoms with Gasteiger partial charge in [0.1, 0.15) is 0 Å². The molecule has 0 saturated carbocycles. The maximum absolute atomic E-state index is 13.0. The van der Waals surface area contributed by atoms with E-state index in [1.54, 1.807) is 12.2 Å². The molecular weight excluding hydrogens is 170 g/mol. The SMILES string of the molecule is CC1=CC(C(C)(F)F)C=C(C)C=C1. The lowest BCUT2D eigenvalue weighted by molar-refractivity contribution is -0.00447. The Hall–Kier alpha value is -0.920. The molecule has 0 heterocycles. The van der Waals surface area contributed by atoms with Crippen LogP contribution in [-0.2, 0) is 0 Å². The van der Waals surface area contributed by atoms with E-state index >= 15 is 0 Å². The first-order chi connectivity index (χ1) is 5.89. The van der Waals surface area contributed by atoms with Gasteiger partial charge in [0.2, 0.25) is 0 Å². The van der Waals surface area contributed by atoms with E-state index in [-0.39, 0.29) is 0 Å². The highest BCUT2D eigenvalue weighted by Gasteiger charge is 2.30. The summed E-state index contributed by atoms with van der Waals surface area (Å²) < 4.78 is 26.0. The zero-order valence-electron chi connectivity index (χ0n) is 8.14. The quantitative estimate of drug-likeness (QED) is 0.582. The van der Waals surface area contributed by atoms with Gasteiger partial charge in [0.05, 0.1) is 5.92 Å². The topological polar surface area (TPSA) is 0 Å². The Morgan fingerprint density at radius 2 is 1.46 bits per heavy atom. The molecule has 13 heavy (non-hydrogen) atoms. The zero-order chi connectivity index (χ0) is 10.1. The van der Waals surface area contributed by atoms with Gasteiger partial charge in [0.15, 0.2) is 0 Å². The van der Waals surface area contributed by atoms with Crippen molar-refractivity contribution in [3.63, 3.8) is 0 Å². The molecule has 0 aromatic heterocycles. The molecule has 0 nitrogen and oxygen atoms in total. The third-order valence-corrected chi connectivity index (χ3v) is 2.08. The van der Waals surface area contributed by atoms with E-state index in [2.05, 4.69) is 0 Å². The molecule has 0 fully saturated rings. The number of alkyl halides is 2. The van der Waals surface area contributed by atoms with E-state index in [0.717, 1.165) is 18.1 Å². The van der Waals surface area contributed by atoms with Gasteiger partial charge >= 0.3 is 0 Å². The second-order valence-electron chi connectivity index (χ2n) is 3.64. The Morgan fingerprint density at radius 3 is 1.77 bits per heavy atom. The number of hydrogen-bond donors (Lipinski definition) is 0. The van der Waals surface area contributed by atoms with E-state index in [1.807, 2.05) is 26.0 Å². The molecule has 0 unspecified atom stereocenters. The summed E-state index contributed by atoms with van der Waals surface area (Å²) in [5.74, 6) is -3.45. The third-order valence-electron chi connectivity index (χ3n) is 2.08. The van der Waals surface area contributed by atoms with Crippen LogP contribution in [0, 0.1) is 5.92 Å². The number of hydrogen-bond acceptors (Lipinski definition) is 0. The van der Waals surface area contributed by atoms with Crippen molar-refractivity contribution >= 4 is 0 Å². The van der Waals surface area contributed by atoms with E-state index in [4.69, 9.17) is 0 Å². The van der Waals surface area contributed by atoms with Gasteiger partial charge in [-0.05, 0) is 13.8 Å². The Balaban J connectivity index is 2.99. The number of allylic oxidation sites excluding steroid dienone is 6. The first kappa shape index (κ1) is 10.2. The Kier molecular flexibility index (Phi) is 2.69. The van der Waals surface area contributed by atoms with Crippen LogP contribution in [0.25, 0.3) is 0 Å². The van der Waals surface area contributed by atoms with Crippen molar-refractivity contribution in [1.82, 2.24) is 0 Å². The molecule has 0 spiro atoms. The predicted octanol–water partition coefficient (Wildman–Crippen LogP) is 3.72. The molecule has 0 N–H and O–H groups in total. The molecule has 2 heteroatoms. The monoisotopic (exact) mass is 184 g/mol. The van der Waals surface area contributed by atoms with Crippen LogP contribution in [0.15, 0.2) is 35.5 Å². The van der Waals surface area contributed by atoms with E-state index in [1.165, 1.54) is 0 Å². The molecule has 0 saturated heterocycles. The fraction of sp³-hybridized carbons (Fsp3) is 0.455. The van der Waals surface area contributed by atoms with Gasteiger partial charge in [0, 0.05) is 6.92 Å². The van der Waals surface area contributed by atoms with Gasteiger partial charge in [-0.1, -0.05) is 35.5 Å². The van der Waals surface area contributed by atoms with Crippen molar-refractivity contribution < 1.29 is 8.78 Å². The molecule has 1 aliphatic carbocycles. The smallest absolute Gasteiger partial charge is 0.206 e. The minimum atomic E-state index is -2.67. The highest BCUT2D eigenvalue weighted by molar-refractivity contribution is 5.32. The molecule has 0 amide bonds. The highest BCUT2D eigenvalue weighted by Crippen LogP contribution is 2.29. The lowest BCUT2D eigenvalue weighted by Crippen LogP contribution is -2.20. The summed E-state index contributed by atoms with van der Waals surface area (Å²) in [7, 11) is 0. The van der Waals surface area contributed by atoms with Crippen molar-refractivity contribution in [2.24, 2.45) is 5.92 Å². The molecule has 0 aliphatic heterocycles. The van der Waals surface area contributed by atoms with Crippen LogP contribution in [0.1, 0.15) is 20.8 Å². The van der Waals surface area contributed by atoms with Crippen molar-refractivity contribution in [1.29, 1.82) is 0 Å². The molecule has 72 valence electrons. The predicted molar refractivity (Wildman–Crippen MR) is 50.8 cm³/mol. The van der Waals surface area contributed by atoms with Gasteiger partial charge in [-0.15, -0.1) is 0 Å². The molecule has 1 rings (SSSR count). The molecule has 0 atom stereocenters. The van der Waals surface area contributed by atoms with Crippen LogP contribution in [-0.4, -0.2) is 5.92 Å². The molecule has 0 radical (unpaired) electrons. The van der Waals surface area contributed by atoms with Crippen molar-refractivity contribution in [2.45, 2.75) is 26.7 Å². The van der Waals surface area contributed by atoms with Gasteiger partial charge < -0.3 is 0 Å². The Morgan fingerprint density at radius 1 is 1.08 bits per heavy atom. The van der Waals surface area contributed by atoms with Crippen LogP contribution in [0.2, 0.25) is 0 Å². The second kappa shape index (κ2) is 3.44. The summed E-state index contributed by atoms with van der Waals surface area (Å²) >= 11 is 0. The lowest BCUT2D eigenvalue weighted by atomic mass is 9.99. The number of halogens is 2. The first-order valence-electron chi connectivity index (χ1n) is 4.32. The van der Waals surface area contributed by atoms with Crippen molar-refractivity contribution in [2.75, 3.05) is 0 Å². The van der Waals surface area contributed by atoms with Crippen molar-refractivity contribution in [3.05, 3.63) is 35.5 Å². The normalized spacial score (nSPS) is 19.5. The van der Waals surface area contributed by atoms with Gasteiger partial charge in [-0.25, -0.2) is 8.78 Å². The standard InChI is InChI=1S/C11H14F2/c1-8-4-5-9(2)7-10(6-8)11(3,12)13/h4-7,10H,1-3H3. The summed E-state index contributed by atoms with van der Waals surface area (Å²) in [6, 6.07) is 0. The summed E-state index contributed by atoms with van der Waals surface area (Å²) in [5.41, 5.74) is 1.78. The van der Waals surface area contributed by atoms with Crippen LogP contribution in [0.4, 0.5) is 8.78 Å². The maximum atomic E-state index is 13.0. The average molecular weight is 184 g/mol. The Labute approximate surface area is 77.6 Å². The molecular formula is C11H14F2. The largest absolute Gasteiger partial charge is 0.255 e. The van der Waals surface area contributed by atoms with Gasteiger partial charge in [0.25, 0.3) is 5.92 Å². The summed E-state index contributed by atoms with van der Waals surface area (Å²) in [4.78, 5) is 0. The lowest BCUT2D eigenvalue weighted by Gasteiger charge is -2.17. The van der Waals surface area contributed by atoms with Crippen LogP contribution >= 0.6 is 0 Å². The average Bonchev–Trinajstić information content (AvgIpc) is 2.12. The zero-order valence-corrected chi connectivity index (χ0v) is 8.14. The first-order valence-corrected chi connectivity index (χ1v) is 4.32. The minimum Gasteiger partial charge on any atom is -0.206 e. The van der Waals surface area contributed by atoms with Crippen LogP contribution in [0.3, 0.4) is 0 Å². The maximum Gasteiger partial charge on any atom is 0.255 e. The minimum absolute atomic E-state index is 0.775. The molecule has 0 aromatic carbocycles. The second-order valence-corrected chi connectivity index (χ2v) is 3.64. The summed E-state index contributed by atoms with van der Waals surface area (Å²) in [5, 5.41) is 0. The summed E-state index contributed by atoms with van der Waals surface area (Å²) in [6.45, 7) is 4.62. The fourth-order valence-corrected chi connectivity index (χ4v) is 1.28. The highest BCUT2D eigenvalue weighted by atomic mass is 19.3. The van der Waals surface area contributed by atoms with Crippen LogP contribution < -0.4 is 0 Å². The molecule has 0 bridgehead atoms. The van der Waals surface area contributed by atoms with Gasteiger partial charge in [-0.2, -0.15) is 0 Å².